The lowest BCUT2D eigenvalue weighted by Crippen LogP contribution is -2.31. The average Bonchev–Trinajstić information content (AvgIpc) is 2.73. The first-order valence-electron chi connectivity index (χ1n) is 9.26. The Hall–Kier alpha value is -1.33. The molecule has 1 aliphatic heterocycles. The Morgan fingerprint density at radius 1 is 1.04 bits per heavy atom. The van der Waals surface area contributed by atoms with Gasteiger partial charge in [0.25, 0.3) is 0 Å². The smallest absolute Gasteiger partial charge is 0.239 e. The summed E-state index contributed by atoms with van der Waals surface area (Å²) in [5.41, 5.74) is 2.04. The van der Waals surface area contributed by atoms with Crippen LogP contribution in [-0.2, 0) is 20.9 Å². The van der Waals surface area contributed by atoms with Crippen LogP contribution in [0.2, 0.25) is 0 Å². The third-order valence-corrected chi connectivity index (χ3v) is 7.08. The van der Waals surface area contributed by atoms with E-state index in [0.717, 1.165) is 16.7 Å². The molecule has 2 rings (SSSR count). The summed E-state index contributed by atoms with van der Waals surface area (Å²) in [5, 5.41) is 10.8. The number of phenolic OH excluding ortho intramolecular Hbond substituents is 1. The molecule has 1 saturated heterocycles. The van der Waals surface area contributed by atoms with Crippen molar-refractivity contribution in [1.29, 1.82) is 0 Å². The van der Waals surface area contributed by atoms with Crippen molar-refractivity contribution in [2.24, 2.45) is 0 Å². The van der Waals surface area contributed by atoms with Gasteiger partial charge in [0.15, 0.2) is 0 Å². The summed E-state index contributed by atoms with van der Waals surface area (Å²) < 4.78 is 27.1. The highest BCUT2D eigenvalue weighted by molar-refractivity contribution is 7.93. The maximum absolute atomic E-state index is 12.8. The molecule has 1 aromatic rings. The fourth-order valence-corrected chi connectivity index (χ4v) is 5.19. The van der Waals surface area contributed by atoms with Crippen LogP contribution in [0, 0.1) is 0 Å². The highest BCUT2D eigenvalue weighted by Crippen LogP contribution is 2.40. The van der Waals surface area contributed by atoms with E-state index in [1.54, 1.807) is 10.4 Å². The Bertz CT molecular complexity index is 787. The van der Waals surface area contributed by atoms with Crippen LogP contribution in [0.25, 0.3) is 6.08 Å². The molecule has 0 atom stereocenters. The maximum Gasteiger partial charge on any atom is 0.239 e. The second-order valence-corrected chi connectivity index (χ2v) is 11.5. The van der Waals surface area contributed by atoms with E-state index >= 15 is 0 Å². The van der Waals surface area contributed by atoms with Gasteiger partial charge in [-0.3, -0.25) is 0 Å². The van der Waals surface area contributed by atoms with Gasteiger partial charge in [0.05, 0.1) is 4.91 Å². The van der Waals surface area contributed by atoms with Gasteiger partial charge in [-0.2, -0.15) is 4.31 Å². The van der Waals surface area contributed by atoms with Gasteiger partial charge in [0.2, 0.25) is 10.0 Å². The molecular weight excluding hydrogens is 346 g/mol. The van der Waals surface area contributed by atoms with E-state index in [4.69, 9.17) is 0 Å². The van der Waals surface area contributed by atoms with Gasteiger partial charge in [0.1, 0.15) is 5.75 Å². The van der Waals surface area contributed by atoms with Crippen molar-refractivity contribution in [2.75, 3.05) is 6.54 Å². The lowest BCUT2D eigenvalue weighted by Gasteiger charge is -2.28. The van der Waals surface area contributed by atoms with E-state index in [0.29, 0.717) is 23.6 Å². The van der Waals surface area contributed by atoms with Gasteiger partial charge in [0, 0.05) is 23.7 Å². The molecule has 0 bridgehead atoms. The number of nitrogens with zero attached hydrogens (tertiary/aromatic N) is 1. The van der Waals surface area contributed by atoms with Crippen molar-refractivity contribution >= 4 is 16.1 Å². The Balaban J connectivity index is 2.65. The largest absolute Gasteiger partial charge is 0.507 e. The molecule has 1 aromatic carbocycles. The van der Waals surface area contributed by atoms with Crippen molar-refractivity contribution in [2.45, 2.75) is 78.7 Å². The Morgan fingerprint density at radius 3 is 1.85 bits per heavy atom. The molecule has 0 radical (unpaired) electrons. The molecule has 26 heavy (non-hydrogen) atoms. The summed E-state index contributed by atoms with van der Waals surface area (Å²) in [4.78, 5) is 0.455. The number of aromatic hydroxyl groups is 1. The molecule has 0 aliphatic carbocycles. The highest BCUT2D eigenvalue weighted by atomic mass is 32.2. The van der Waals surface area contributed by atoms with Crippen molar-refractivity contribution < 1.29 is 13.5 Å². The van der Waals surface area contributed by atoms with E-state index in [1.165, 1.54) is 0 Å². The normalized spacial score (nSPS) is 20.3. The molecule has 1 aliphatic rings. The molecule has 1 fully saturated rings. The molecule has 0 aromatic heterocycles. The molecule has 4 nitrogen and oxygen atoms in total. The van der Waals surface area contributed by atoms with E-state index in [2.05, 4.69) is 41.5 Å². The predicted molar refractivity (Wildman–Crippen MR) is 109 cm³/mol. The molecule has 5 heteroatoms. The molecular formula is C21H33NO3S. The minimum absolute atomic E-state index is 0.0407. The topological polar surface area (TPSA) is 57.6 Å². The molecule has 1 N–H and O–H groups in total. The van der Waals surface area contributed by atoms with Gasteiger partial charge in [-0.15, -0.1) is 0 Å². The quantitative estimate of drug-likeness (QED) is 0.805. The van der Waals surface area contributed by atoms with Gasteiger partial charge in [-0.1, -0.05) is 41.5 Å². The first kappa shape index (κ1) is 21.0. The van der Waals surface area contributed by atoms with Crippen molar-refractivity contribution in [3.63, 3.8) is 0 Å². The third kappa shape index (κ3) is 3.99. The fraction of sp³-hybridized carbons (Fsp3) is 0.619. The van der Waals surface area contributed by atoms with Crippen LogP contribution in [0.3, 0.4) is 0 Å². The minimum atomic E-state index is -3.40. The van der Waals surface area contributed by atoms with Gasteiger partial charge < -0.3 is 5.11 Å². The molecule has 0 saturated carbocycles. The van der Waals surface area contributed by atoms with Crippen molar-refractivity contribution in [3.8, 4) is 5.75 Å². The molecule has 0 spiro atoms. The van der Waals surface area contributed by atoms with Crippen LogP contribution in [0.1, 0.15) is 78.5 Å². The Morgan fingerprint density at radius 2 is 1.50 bits per heavy atom. The molecule has 1 heterocycles. The van der Waals surface area contributed by atoms with Gasteiger partial charge >= 0.3 is 0 Å². The maximum atomic E-state index is 12.8. The summed E-state index contributed by atoms with van der Waals surface area (Å²) in [5.74, 6) is 0.310. The number of sulfonamides is 1. The summed E-state index contributed by atoms with van der Waals surface area (Å²) in [7, 11) is -3.40. The predicted octanol–water partition coefficient (Wildman–Crippen LogP) is 4.77. The van der Waals surface area contributed by atoms with Gasteiger partial charge in [-0.25, -0.2) is 8.42 Å². The first-order chi connectivity index (χ1) is 11.7. The summed E-state index contributed by atoms with van der Waals surface area (Å²) in [6.45, 7) is 16.7. The Kier molecular flexibility index (Phi) is 5.39. The van der Waals surface area contributed by atoms with E-state index in [9.17, 15) is 13.5 Å². The lowest BCUT2D eigenvalue weighted by atomic mass is 9.78. The summed E-state index contributed by atoms with van der Waals surface area (Å²) >= 11 is 0. The van der Waals surface area contributed by atoms with Gasteiger partial charge in [-0.05, 0) is 54.9 Å². The van der Waals surface area contributed by atoms with E-state index in [-0.39, 0.29) is 16.9 Å². The van der Waals surface area contributed by atoms with Crippen molar-refractivity contribution in [3.05, 3.63) is 33.7 Å². The van der Waals surface area contributed by atoms with E-state index < -0.39 is 10.0 Å². The molecule has 146 valence electrons. The monoisotopic (exact) mass is 379 g/mol. The van der Waals surface area contributed by atoms with Crippen LogP contribution in [-0.4, -0.2) is 30.4 Å². The van der Waals surface area contributed by atoms with Crippen LogP contribution in [0.4, 0.5) is 0 Å². The summed E-state index contributed by atoms with van der Waals surface area (Å²) in [6.07, 6.45) is 2.30. The number of hydrogen-bond acceptors (Lipinski definition) is 3. The first-order valence-corrected chi connectivity index (χ1v) is 10.7. The Labute approximate surface area is 159 Å². The van der Waals surface area contributed by atoms with Crippen LogP contribution >= 0.6 is 0 Å². The van der Waals surface area contributed by atoms with Crippen LogP contribution < -0.4 is 0 Å². The average molecular weight is 380 g/mol. The number of rotatable bonds is 2. The molecule has 0 unspecified atom stereocenters. The lowest BCUT2D eigenvalue weighted by molar-refractivity contribution is 0.381. The zero-order valence-corrected chi connectivity index (χ0v) is 18.2. The third-order valence-electron chi connectivity index (χ3n) is 4.87. The van der Waals surface area contributed by atoms with Crippen LogP contribution in [0.15, 0.2) is 17.0 Å². The fourth-order valence-electron chi connectivity index (χ4n) is 3.37. The second-order valence-electron chi connectivity index (χ2n) is 9.53. The minimum Gasteiger partial charge on any atom is -0.507 e. The number of phenols is 1. The SMILES string of the molecule is CC(C)N1CC/C(=C\c2cc(C(C)(C)C)c(O)c(C(C)(C)C)c2)S1(=O)=O. The second kappa shape index (κ2) is 6.68. The zero-order valence-electron chi connectivity index (χ0n) is 17.3. The summed E-state index contributed by atoms with van der Waals surface area (Å²) in [6, 6.07) is 3.80. The highest BCUT2D eigenvalue weighted by Gasteiger charge is 2.35. The number of benzene rings is 1. The standard InChI is InChI=1S/C21H33NO3S/c1-14(2)22-10-9-16(26(22,24)25)11-15-12-17(20(3,4)5)19(23)18(13-15)21(6,7)8/h11-14,23H,9-10H2,1-8H3/b16-11+. The van der Waals surface area contributed by atoms with E-state index in [1.807, 2.05) is 26.0 Å². The number of hydrogen-bond donors (Lipinski definition) is 1. The van der Waals surface area contributed by atoms with Crippen molar-refractivity contribution in [1.82, 2.24) is 4.31 Å². The van der Waals surface area contributed by atoms with Crippen LogP contribution in [0.5, 0.6) is 5.75 Å². The zero-order chi connectivity index (χ0) is 20.1. The molecule has 0 amide bonds.